The zero-order valence-electron chi connectivity index (χ0n) is 13.6. The fraction of sp³-hybridized carbons (Fsp3) is 0.188. The highest BCUT2D eigenvalue weighted by Crippen LogP contribution is 2.17. The summed E-state index contributed by atoms with van der Waals surface area (Å²) >= 11 is 0. The fourth-order valence-corrected chi connectivity index (χ4v) is 2.35. The summed E-state index contributed by atoms with van der Waals surface area (Å²) in [5.41, 5.74) is 9.16. The zero-order valence-corrected chi connectivity index (χ0v) is 13.6. The molecular weight excluding hydrogens is 306 g/mol. The van der Waals surface area contributed by atoms with E-state index in [1.54, 1.807) is 30.1 Å². The number of nitrogens with one attached hydrogen (secondary N) is 2. The molecule has 8 nitrogen and oxygen atoms in total. The van der Waals surface area contributed by atoms with Gasteiger partial charge >= 0.3 is 0 Å². The summed E-state index contributed by atoms with van der Waals surface area (Å²) in [6.45, 7) is 5.83. The number of aryl methyl sites for hydroxylation is 2. The standard InChI is InChI=1S/C16H17N7O/c1-10-5-6-13(11(2)9-10)23-12(3)14(19-22-23)15(24)20-21-16-17-7-4-8-18-16/h4-9H,1-3H3,(H,20,24)(H,17,18,21). The van der Waals surface area contributed by atoms with Crippen LogP contribution < -0.4 is 10.9 Å². The van der Waals surface area contributed by atoms with E-state index in [2.05, 4.69) is 37.2 Å². The van der Waals surface area contributed by atoms with E-state index in [0.29, 0.717) is 11.6 Å². The minimum atomic E-state index is -0.407. The molecule has 122 valence electrons. The van der Waals surface area contributed by atoms with E-state index in [1.807, 2.05) is 26.0 Å². The second-order valence-corrected chi connectivity index (χ2v) is 5.38. The first-order chi connectivity index (χ1) is 11.6. The lowest BCUT2D eigenvalue weighted by atomic mass is 10.1. The molecule has 2 aromatic heterocycles. The average molecular weight is 323 g/mol. The van der Waals surface area contributed by atoms with Gasteiger partial charge in [0.1, 0.15) is 0 Å². The van der Waals surface area contributed by atoms with Crippen LogP contribution in [0.1, 0.15) is 27.3 Å². The van der Waals surface area contributed by atoms with Crippen LogP contribution >= 0.6 is 0 Å². The zero-order chi connectivity index (χ0) is 17.1. The van der Waals surface area contributed by atoms with Crippen LogP contribution in [0.5, 0.6) is 0 Å². The molecular formula is C16H17N7O. The van der Waals surface area contributed by atoms with Crippen molar-refractivity contribution in [2.75, 3.05) is 5.43 Å². The van der Waals surface area contributed by atoms with Crippen LogP contribution in [0.4, 0.5) is 5.95 Å². The highest BCUT2D eigenvalue weighted by atomic mass is 16.2. The van der Waals surface area contributed by atoms with Crippen LogP contribution in [-0.2, 0) is 0 Å². The molecule has 0 aliphatic rings. The van der Waals surface area contributed by atoms with E-state index in [9.17, 15) is 4.79 Å². The van der Waals surface area contributed by atoms with Crippen molar-refractivity contribution in [3.05, 3.63) is 59.2 Å². The third-order valence-corrected chi connectivity index (χ3v) is 3.54. The van der Waals surface area contributed by atoms with Gasteiger partial charge in [-0.05, 0) is 38.5 Å². The highest BCUT2D eigenvalue weighted by molar-refractivity contribution is 5.93. The Morgan fingerprint density at radius 3 is 2.58 bits per heavy atom. The van der Waals surface area contributed by atoms with Gasteiger partial charge in [0.2, 0.25) is 5.95 Å². The number of aromatic nitrogens is 5. The summed E-state index contributed by atoms with van der Waals surface area (Å²) in [6.07, 6.45) is 3.15. The molecule has 0 radical (unpaired) electrons. The van der Waals surface area contributed by atoms with E-state index in [1.165, 1.54) is 5.56 Å². The van der Waals surface area contributed by atoms with Crippen LogP contribution in [0, 0.1) is 20.8 Å². The molecule has 0 unspecified atom stereocenters. The smallest absolute Gasteiger partial charge is 0.265 e. The van der Waals surface area contributed by atoms with E-state index >= 15 is 0 Å². The summed E-state index contributed by atoms with van der Waals surface area (Å²) in [4.78, 5) is 20.2. The topological polar surface area (TPSA) is 97.6 Å². The molecule has 1 aromatic carbocycles. The van der Waals surface area contributed by atoms with Gasteiger partial charge in [-0.1, -0.05) is 22.9 Å². The summed E-state index contributed by atoms with van der Waals surface area (Å²) in [7, 11) is 0. The molecule has 1 amide bonds. The van der Waals surface area contributed by atoms with Gasteiger partial charge in [-0.25, -0.2) is 14.6 Å². The summed E-state index contributed by atoms with van der Waals surface area (Å²) in [5.74, 6) is -0.110. The molecule has 0 saturated heterocycles. The highest BCUT2D eigenvalue weighted by Gasteiger charge is 2.18. The third kappa shape index (κ3) is 3.07. The van der Waals surface area contributed by atoms with Gasteiger partial charge in [-0.2, -0.15) is 0 Å². The summed E-state index contributed by atoms with van der Waals surface area (Å²) in [6, 6.07) is 7.71. The predicted molar refractivity (Wildman–Crippen MR) is 88.7 cm³/mol. The Balaban J connectivity index is 1.80. The molecule has 0 aliphatic carbocycles. The Hall–Kier alpha value is -3.29. The van der Waals surface area contributed by atoms with E-state index in [4.69, 9.17) is 0 Å². The number of nitrogens with zero attached hydrogens (tertiary/aromatic N) is 5. The van der Waals surface area contributed by atoms with Crippen LogP contribution in [0.15, 0.2) is 36.7 Å². The molecule has 0 spiro atoms. The van der Waals surface area contributed by atoms with Crippen molar-refractivity contribution < 1.29 is 4.79 Å². The van der Waals surface area contributed by atoms with Crippen molar-refractivity contribution in [3.63, 3.8) is 0 Å². The minimum absolute atomic E-state index is 0.235. The van der Waals surface area contributed by atoms with Crippen LogP contribution in [-0.4, -0.2) is 30.9 Å². The Bertz CT molecular complexity index is 873. The number of carbonyl (C=O) groups is 1. The van der Waals surface area contributed by atoms with Gasteiger partial charge in [0.05, 0.1) is 11.4 Å². The molecule has 24 heavy (non-hydrogen) atoms. The number of hydrazine groups is 1. The lowest BCUT2D eigenvalue weighted by Crippen LogP contribution is -2.31. The Kier molecular flexibility index (Phi) is 4.19. The maximum Gasteiger partial charge on any atom is 0.292 e. The number of amides is 1. The van der Waals surface area contributed by atoms with Gasteiger partial charge in [-0.3, -0.25) is 15.6 Å². The quantitative estimate of drug-likeness (QED) is 0.710. The second kappa shape index (κ2) is 6.45. The first kappa shape index (κ1) is 15.6. The number of hydrogen-bond donors (Lipinski definition) is 2. The molecule has 0 saturated carbocycles. The van der Waals surface area contributed by atoms with Gasteiger partial charge in [-0.15, -0.1) is 5.10 Å². The second-order valence-electron chi connectivity index (χ2n) is 5.38. The van der Waals surface area contributed by atoms with Crippen LogP contribution in [0.3, 0.4) is 0 Å². The molecule has 3 rings (SSSR count). The fourth-order valence-electron chi connectivity index (χ4n) is 2.35. The number of hydrogen-bond acceptors (Lipinski definition) is 6. The maximum atomic E-state index is 12.3. The molecule has 2 heterocycles. The Morgan fingerprint density at radius 1 is 1.12 bits per heavy atom. The lowest BCUT2D eigenvalue weighted by molar-refractivity contribution is 0.0956. The largest absolute Gasteiger partial charge is 0.292 e. The monoisotopic (exact) mass is 323 g/mol. The number of anilines is 1. The minimum Gasteiger partial charge on any atom is -0.265 e. The van der Waals surface area contributed by atoms with Crippen molar-refractivity contribution in [3.8, 4) is 5.69 Å². The molecule has 2 N–H and O–H groups in total. The molecule has 0 fully saturated rings. The van der Waals surface area contributed by atoms with Crippen molar-refractivity contribution in [1.82, 2.24) is 30.4 Å². The predicted octanol–water partition coefficient (Wildman–Crippen LogP) is 1.74. The first-order valence-corrected chi connectivity index (χ1v) is 7.39. The lowest BCUT2D eigenvalue weighted by Gasteiger charge is -2.08. The SMILES string of the molecule is Cc1ccc(-n2nnc(C(=O)NNc3ncccn3)c2C)c(C)c1. The van der Waals surface area contributed by atoms with Gasteiger partial charge < -0.3 is 0 Å². The average Bonchev–Trinajstić information content (AvgIpc) is 2.95. The number of rotatable bonds is 4. The normalized spacial score (nSPS) is 10.5. The van der Waals surface area contributed by atoms with Crippen molar-refractivity contribution in [1.29, 1.82) is 0 Å². The van der Waals surface area contributed by atoms with Crippen LogP contribution in [0.25, 0.3) is 5.69 Å². The van der Waals surface area contributed by atoms with E-state index < -0.39 is 5.91 Å². The Labute approximate surface area is 138 Å². The van der Waals surface area contributed by atoms with Crippen LogP contribution in [0.2, 0.25) is 0 Å². The molecule has 8 heteroatoms. The first-order valence-electron chi connectivity index (χ1n) is 7.39. The van der Waals surface area contributed by atoms with E-state index in [-0.39, 0.29) is 5.69 Å². The van der Waals surface area contributed by atoms with Gasteiger partial charge in [0.25, 0.3) is 5.91 Å². The van der Waals surface area contributed by atoms with Crippen molar-refractivity contribution in [2.45, 2.75) is 20.8 Å². The molecule has 0 bridgehead atoms. The molecule has 0 atom stereocenters. The maximum absolute atomic E-state index is 12.3. The number of carbonyl (C=O) groups excluding carboxylic acids is 1. The summed E-state index contributed by atoms with van der Waals surface area (Å²) in [5, 5.41) is 8.09. The van der Waals surface area contributed by atoms with Gasteiger partial charge in [0.15, 0.2) is 5.69 Å². The summed E-state index contributed by atoms with van der Waals surface area (Å²) < 4.78 is 1.66. The molecule has 0 aliphatic heterocycles. The van der Waals surface area contributed by atoms with Gasteiger partial charge in [0, 0.05) is 12.4 Å². The molecule has 3 aromatic rings. The van der Waals surface area contributed by atoms with E-state index in [0.717, 1.165) is 11.3 Å². The van der Waals surface area contributed by atoms with Crippen molar-refractivity contribution >= 4 is 11.9 Å². The van der Waals surface area contributed by atoms with Crippen molar-refractivity contribution in [2.24, 2.45) is 0 Å². The Morgan fingerprint density at radius 2 is 1.88 bits per heavy atom. The third-order valence-electron chi connectivity index (χ3n) is 3.54. The number of benzene rings is 1.